The summed E-state index contributed by atoms with van der Waals surface area (Å²) in [5, 5.41) is 8.97. The van der Waals surface area contributed by atoms with E-state index < -0.39 is 5.97 Å². The number of hydrogen-bond acceptors (Lipinski definition) is 4. The fourth-order valence-corrected chi connectivity index (χ4v) is 4.15. The van der Waals surface area contributed by atoms with Crippen molar-refractivity contribution in [2.24, 2.45) is 5.92 Å². The number of aromatic carboxylic acids is 1. The lowest BCUT2D eigenvalue weighted by molar-refractivity contribution is 0.0324. The Kier molecular flexibility index (Phi) is 4.26. The van der Waals surface area contributed by atoms with Gasteiger partial charge in [0.15, 0.2) is 0 Å². The van der Waals surface area contributed by atoms with Crippen LogP contribution < -0.4 is 0 Å². The number of nitrogens with zero attached hydrogens (tertiary/aromatic N) is 1. The molecule has 3 heterocycles. The Morgan fingerprint density at radius 1 is 1.19 bits per heavy atom. The first kappa shape index (κ1) is 14.5. The monoisotopic (exact) mass is 309 g/mol. The molecular formula is C15H19NO4S. The molecule has 0 saturated carbocycles. The minimum absolute atomic E-state index is 0.0125. The fraction of sp³-hybridized carbons (Fsp3) is 0.600. The molecule has 2 saturated heterocycles. The van der Waals surface area contributed by atoms with Crippen molar-refractivity contribution in [1.82, 2.24) is 4.90 Å². The number of ether oxygens (including phenoxy) is 1. The number of carbonyl (C=O) groups is 2. The van der Waals surface area contributed by atoms with E-state index in [0.29, 0.717) is 10.8 Å². The average Bonchev–Trinajstić information content (AvgIpc) is 3.17. The van der Waals surface area contributed by atoms with E-state index in [9.17, 15) is 9.59 Å². The number of rotatable bonds is 3. The third-order valence-corrected chi connectivity index (χ3v) is 5.46. The standard InChI is InChI=1S/C15H19NO4S/c17-14(12-3-4-13(21-12)15(18)19)16-7-1-2-11(16)10-5-8-20-9-6-10/h3-4,10-11H,1-2,5-9H2,(H,18,19)/t11-/m1/s1. The molecular weight excluding hydrogens is 290 g/mol. The zero-order chi connectivity index (χ0) is 14.8. The Labute approximate surface area is 127 Å². The van der Waals surface area contributed by atoms with Crippen LogP contribution in [-0.2, 0) is 4.74 Å². The van der Waals surface area contributed by atoms with E-state index >= 15 is 0 Å². The van der Waals surface area contributed by atoms with Gasteiger partial charge in [0.25, 0.3) is 5.91 Å². The molecule has 2 aliphatic rings. The predicted molar refractivity (Wildman–Crippen MR) is 78.9 cm³/mol. The predicted octanol–water partition coefficient (Wildman–Crippen LogP) is 2.48. The summed E-state index contributed by atoms with van der Waals surface area (Å²) in [5.41, 5.74) is 0. The summed E-state index contributed by atoms with van der Waals surface area (Å²) in [5.74, 6) is -0.466. The molecule has 0 unspecified atom stereocenters. The van der Waals surface area contributed by atoms with Crippen LogP contribution in [0.4, 0.5) is 0 Å². The third kappa shape index (κ3) is 2.96. The molecule has 0 bridgehead atoms. The average molecular weight is 309 g/mol. The first-order valence-electron chi connectivity index (χ1n) is 7.38. The van der Waals surface area contributed by atoms with Gasteiger partial charge in [-0.2, -0.15) is 0 Å². The number of carbonyl (C=O) groups excluding carboxylic acids is 1. The van der Waals surface area contributed by atoms with Crippen molar-refractivity contribution in [3.63, 3.8) is 0 Å². The first-order chi connectivity index (χ1) is 10.2. The van der Waals surface area contributed by atoms with E-state index in [0.717, 1.165) is 56.8 Å². The lowest BCUT2D eigenvalue weighted by atomic mass is 9.90. The van der Waals surface area contributed by atoms with Crippen LogP contribution in [0.15, 0.2) is 12.1 Å². The van der Waals surface area contributed by atoms with E-state index in [4.69, 9.17) is 9.84 Å². The van der Waals surface area contributed by atoms with Gasteiger partial charge in [-0.3, -0.25) is 4.79 Å². The molecule has 0 aliphatic carbocycles. The Morgan fingerprint density at radius 2 is 1.90 bits per heavy atom. The van der Waals surface area contributed by atoms with Crippen LogP contribution in [0.25, 0.3) is 0 Å². The molecule has 0 radical (unpaired) electrons. The van der Waals surface area contributed by atoms with Gasteiger partial charge < -0.3 is 14.7 Å². The number of hydrogen-bond donors (Lipinski definition) is 1. The molecule has 0 spiro atoms. The summed E-state index contributed by atoms with van der Waals surface area (Å²) in [6.45, 7) is 2.35. The molecule has 1 amide bonds. The van der Waals surface area contributed by atoms with Gasteiger partial charge in [-0.25, -0.2) is 4.79 Å². The number of carboxylic acids is 1. The molecule has 2 aliphatic heterocycles. The normalized spacial score (nSPS) is 23.4. The second kappa shape index (κ2) is 6.15. The maximum atomic E-state index is 12.6. The van der Waals surface area contributed by atoms with Crippen molar-refractivity contribution in [2.75, 3.05) is 19.8 Å². The molecule has 1 N–H and O–H groups in total. The Balaban J connectivity index is 1.74. The number of amides is 1. The van der Waals surface area contributed by atoms with Crippen molar-refractivity contribution in [1.29, 1.82) is 0 Å². The van der Waals surface area contributed by atoms with E-state index in [-0.39, 0.29) is 16.8 Å². The van der Waals surface area contributed by atoms with Gasteiger partial charge in [0, 0.05) is 25.8 Å². The fourth-order valence-electron chi connectivity index (χ4n) is 3.34. The minimum atomic E-state index is -0.971. The Bertz CT molecular complexity index is 536. The van der Waals surface area contributed by atoms with E-state index in [1.165, 1.54) is 6.07 Å². The summed E-state index contributed by atoms with van der Waals surface area (Å²) in [4.78, 5) is 26.3. The summed E-state index contributed by atoms with van der Waals surface area (Å²) in [7, 11) is 0. The first-order valence-corrected chi connectivity index (χ1v) is 8.20. The topological polar surface area (TPSA) is 66.8 Å². The Hall–Kier alpha value is -1.40. The maximum Gasteiger partial charge on any atom is 0.345 e. The SMILES string of the molecule is O=C(O)c1ccc(C(=O)N2CCC[C@@H]2C2CCOCC2)s1. The van der Waals surface area contributed by atoms with Gasteiger partial charge in [-0.15, -0.1) is 11.3 Å². The summed E-state index contributed by atoms with van der Waals surface area (Å²) >= 11 is 1.07. The Morgan fingerprint density at radius 3 is 2.57 bits per heavy atom. The highest BCUT2D eigenvalue weighted by atomic mass is 32.1. The summed E-state index contributed by atoms with van der Waals surface area (Å²) in [6.07, 6.45) is 4.11. The molecule has 3 rings (SSSR count). The van der Waals surface area contributed by atoms with Crippen LogP contribution in [0.1, 0.15) is 45.0 Å². The number of thiophene rings is 1. The molecule has 2 fully saturated rings. The lowest BCUT2D eigenvalue weighted by Gasteiger charge is -2.33. The smallest absolute Gasteiger partial charge is 0.345 e. The number of likely N-dealkylation sites (tertiary alicyclic amines) is 1. The zero-order valence-electron chi connectivity index (χ0n) is 11.8. The van der Waals surface area contributed by atoms with Gasteiger partial charge in [0.1, 0.15) is 4.88 Å². The van der Waals surface area contributed by atoms with Crippen LogP contribution in [0.2, 0.25) is 0 Å². The highest BCUT2D eigenvalue weighted by Gasteiger charge is 2.36. The number of carboxylic acid groups (broad SMARTS) is 1. The molecule has 21 heavy (non-hydrogen) atoms. The maximum absolute atomic E-state index is 12.6. The van der Waals surface area contributed by atoms with Crippen LogP contribution in [0, 0.1) is 5.92 Å². The van der Waals surface area contributed by atoms with Gasteiger partial charge in [0.05, 0.1) is 4.88 Å². The quantitative estimate of drug-likeness (QED) is 0.931. The molecule has 0 aromatic carbocycles. The van der Waals surface area contributed by atoms with E-state index in [1.54, 1.807) is 6.07 Å². The van der Waals surface area contributed by atoms with Gasteiger partial charge in [0.2, 0.25) is 0 Å². The molecule has 6 heteroatoms. The summed E-state index contributed by atoms with van der Waals surface area (Å²) in [6, 6.07) is 3.44. The van der Waals surface area contributed by atoms with E-state index in [2.05, 4.69) is 0 Å². The van der Waals surface area contributed by atoms with Crippen LogP contribution in [-0.4, -0.2) is 47.7 Å². The summed E-state index contributed by atoms with van der Waals surface area (Å²) < 4.78 is 5.40. The third-order valence-electron chi connectivity index (χ3n) is 4.40. The second-order valence-corrected chi connectivity index (χ2v) is 6.71. The zero-order valence-corrected chi connectivity index (χ0v) is 12.6. The molecule has 1 atom stereocenters. The highest BCUT2D eigenvalue weighted by Crippen LogP contribution is 2.32. The van der Waals surface area contributed by atoms with E-state index in [1.807, 2.05) is 4.90 Å². The lowest BCUT2D eigenvalue weighted by Crippen LogP contribution is -2.41. The van der Waals surface area contributed by atoms with Crippen molar-refractivity contribution in [2.45, 2.75) is 31.7 Å². The van der Waals surface area contributed by atoms with Crippen molar-refractivity contribution < 1.29 is 19.4 Å². The minimum Gasteiger partial charge on any atom is -0.477 e. The molecule has 5 nitrogen and oxygen atoms in total. The van der Waals surface area contributed by atoms with Crippen molar-refractivity contribution in [3.05, 3.63) is 21.9 Å². The van der Waals surface area contributed by atoms with Crippen LogP contribution >= 0.6 is 11.3 Å². The molecule has 1 aromatic rings. The van der Waals surface area contributed by atoms with Crippen LogP contribution in [0.3, 0.4) is 0 Å². The second-order valence-electron chi connectivity index (χ2n) is 5.63. The van der Waals surface area contributed by atoms with Gasteiger partial charge in [-0.1, -0.05) is 0 Å². The highest BCUT2D eigenvalue weighted by molar-refractivity contribution is 7.15. The molecule has 1 aromatic heterocycles. The van der Waals surface area contributed by atoms with Crippen LogP contribution in [0.5, 0.6) is 0 Å². The van der Waals surface area contributed by atoms with Crippen molar-refractivity contribution >= 4 is 23.2 Å². The van der Waals surface area contributed by atoms with Gasteiger partial charge in [-0.05, 0) is 43.7 Å². The van der Waals surface area contributed by atoms with Gasteiger partial charge >= 0.3 is 5.97 Å². The molecule has 114 valence electrons. The van der Waals surface area contributed by atoms with Crippen molar-refractivity contribution in [3.8, 4) is 0 Å². The largest absolute Gasteiger partial charge is 0.477 e.